The molecule has 1 atom stereocenters. The van der Waals surface area contributed by atoms with E-state index >= 15 is 0 Å². The monoisotopic (exact) mass is 369 g/mol. The molecule has 0 aromatic heterocycles. The summed E-state index contributed by atoms with van der Waals surface area (Å²) in [5.41, 5.74) is -1.33. The number of benzene rings is 1. The van der Waals surface area contributed by atoms with E-state index in [1.165, 1.54) is 6.07 Å². The number of carbonyl (C=O) groups excluding carboxylic acids is 1. The first-order valence-corrected chi connectivity index (χ1v) is 8.94. The summed E-state index contributed by atoms with van der Waals surface area (Å²) in [6.07, 6.45) is -0.783. The highest BCUT2D eigenvalue weighted by atomic mass is 19.4. The minimum absolute atomic E-state index is 0.134. The lowest BCUT2D eigenvalue weighted by Crippen LogP contribution is -2.50. The van der Waals surface area contributed by atoms with Gasteiger partial charge in [-0.15, -0.1) is 0 Å². The largest absolute Gasteiger partial charge is 0.481 e. The summed E-state index contributed by atoms with van der Waals surface area (Å²) in [4.78, 5) is 26.1. The highest BCUT2D eigenvalue weighted by Crippen LogP contribution is 2.44. The Kier molecular flexibility index (Phi) is 4.99. The van der Waals surface area contributed by atoms with Gasteiger partial charge in [-0.3, -0.25) is 9.59 Å². The number of hydrogen-bond acceptors (Lipinski definition) is 2. The van der Waals surface area contributed by atoms with Gasteiger partial charge in [-0.2, -0.15) is 13.2 Å². The molecular weight excluding hydrogens is 347 g/mol. The van der Waals surface area contributed by atoms with Crippen LogP contribution in [-0.4, -0.2) is 35.0 Å². The molecule has 2 aliphatic rings. The summed E-state index contributed by atoms with van der Waals surface area (Å²) in [6.45, 7) is 0.595. The first kappa shape index (κ1) is 18.7. The molecule has 142 valence electrons. The lowest BCUT2D eigenvalue weighted by Gasteiger charge is -2.38. The van der Waals surface area contributed by atoms with Crippen molar-refractivity contribution in [2.45, 2.75) is 50.1 Å². The zero-order chi connectivity index (χ0) is 18.9. The Balaban J connectivity index is 1.93. The van der Waals surface area contributed by atoms with Crippen molar-refractivity contribution >= 4 is 11.9 Å². The maximum Gasteiger partial charge on any atom is 0.416 e. The summed E-state index contributed by atoms with van der Waals surface area (Å²) < 4.78 is 39.3. The van der Waals surface area contributed by atoms with E-state index in [1.54, 1.807) is 11.0 Å². The number of amides is 1. The predicted octanol–water partition coefficient (Wildman–Crippen LogP) is 3.84. The SMILES string of the molecule is O=C(O)C1CCCN(C(=O)C2(c3cccc(C(F)(F)F)c3)CCCC2)C1. The van der Waals surface area contributed by atoms with Crippen LogP contribution in [0.4, 0.5) is 13.2 Å². The average molecular weight is 369 g/mol. The number of rotatable bonds is 3. The fourth-order valence-electron chi connectivity index (χ4n) is 4.26. The summed E-state index contributed by atoms with van der Waals surface area (Å²) in [6, 6.07) is 5.04. The maximum absolute atomic E-state index is 13.3. The van der Waals surface area contributed by atoms with E-state index in [0.29, 0.717) is 37.8 Å². The van der Waals surface area contributed by atoms with Crippen molar-refractivity contribution < 1.29 is 27.9 Å². The van der Waals surface area contributed by atoms with Gasteiger partial charge in [0.15, 0.2) is 0 Å². The van der Waals surface area contributed by atoms with Gasteiger partial charge in [0.2, 0.25) is 5.91 Å². The topological polar surface area (TPSA) is 57.6 Å². The number of piperidine rings is 1. The summed E-state index contributed by atoms with van der Waals surface area (Å²) in [7, 11) is 0. The lowest BCUT2D eigenvalue weighted by molar-refractivity contribution is -0.147. The summed E-state index contributed by atoms with van der Waals surface area (Å²) in [5.74, 6) is -1.75. The number of carboxylic acid groups (broad SMARTS) is 1. The van der Waals surface area contributed by atoms with Crippen molar-refractivity contribution in [3.05, 3.63) is 35.4 Å². The number of hydrogen-bond donors (Lipinski definition) is 1. The average Bonchev–Trinajstić information content (AvgIpc) is 3.11. The van der Waals surface area contributed by atoms with E-state index < -0.39 is 29.0 Å². The lowest BCUT2D eigenvalue weighted by atomic mass is 9.76. The maximum atomic E-state index is 13.3. The van der Waals surface area contributed by atoms with Crippen LogP contribution in [-0.2, 0) is 21.2 Å². The molecule has 1 aromatic carbocycles. The van der Waals surface area contributed by atoms with E-state index in [4.69, 9.17) is 0 Å². The Bertz CT molecular complexity index is 696. The quantitative estimate of drug-likeness (QED) is 0.881. The van der Waals surface area contributed by atoms with E-state index in [1.807, 2.05) is 0 Å². The van der Waals surface area contributed by atoms with Gasteiger partial charge < -0.3 is 10.0 Å². The fraction of sp³-hybridized carbons (Fsp3) is 0.579. The standard InChI is InChI=1S/C19H22F3NO3/c20-19(21,22)15-7-3-6-14(11-15)18(8-1-2-9-18)17(26)23-10-4-5-13(12-23)16(24)25/h3,6-7,11,13H,1-2,4-5,8-10,12H2,(H,24,25). The van der Waals surface area contributed by atoms with Gasteiger partial charge in [-0.05, 0) is 37.3 Å². The molecule has 4 nitrogen and oxygen atoms in total. The Morgan fingerprint density at radius 2 is 1.85 bits per heavy atom. The van der Waals surface area contributed by atoms with E-state index in [0.717, 1.165) is 25.0 Å². The molecule has 1 saturated carbocycles. The Labute approximate surface area is 150 Å². The third-order valence-electron chi connectivity index (χ3n) is 5.67. The summed E-state index contributed by atoms with van der Waals surface area (Å²) >= 11 is 0. The fourth-order valence-corrected chi connectivity index (χ4v) is 4.26. The number of carboxylic acids is 1. The molecule has 1 saturated heterocycles. The molecule has 26 heavy (non-hydrogen) atoms. The number of nitrogens with zero attached hydrogens (tertiary/aromatic N) is 1. The van der Waals surface area contributed by atoms with Crippen molar-refractivity contribution in [1.82, 2.24) is 4.90 Å². The highest BCUT2D eigenvalue weighted by molar-refractivity contribution is 5.89. The van der Waals surface area contributed by atoms with Gasteiger partial charge in [0.25, 0.3) is 0 Å². The Hall–Kier alpha value is -2.05. The van der Waals surface area contributed by atoms with Crippen LogP contribution >= 0.6 is 0 Å². The molecule has 0 bridgehead atoms. The molecule has 2 fully saturated rings. The molecule has 1 amide bonds. The number of halogens is 3. The number of aliphatic carboxylic acids is 1. The van der Waals surface area contributed by atoms with Crippen molar-refractivity contribution in [2.24, 2.45) is 5.92 Å². The van der Waals surface area contributed by atoms with Crippen molar-refractivity contribution in [2.75, 3.05) is 13.1 Å². The van der Waals surface area contributed by atoms with E-state index in [-0.39, 0.29) is 12.5 Å². The molecule has 7 heteroatoms. The number of alkyl halides is 3. The highest BCUT2D eigenvalue weighted by Gasteiger charge is 2.47. The van der Waals surface area contributed by atoms with Gasteiger partial charge in [-0.25, -0.2) is 0 Å². The van der Waals surface area contributed by atoms with Gasteiger partial charge in [0.05, 0.1) is 16.9 Å². The van der Waals surface area contributed by atoms with Crippen LogP contribution in [0.25, 0.3) is 0 Å². The Morgan fingerprint density at radius 1 is 1.15 bits per heavy atom. The van der Waals surface area contributed by atoms with E-state index in [9.17, 15) is 27.9 Å². The minimum atomic E-state index is -4.46. The zero-order valence-electron chi connectivity index (χ0n) is 14.4. The van der Waals surface area contributed by atoms with Crippen LogP contribution in [0.3, 0.4) is 0 Å². The summed E-state index contributed by atoms with van der Waals surface area (Å²) in [5, 5.41) is 9.25. The van der Waals surface area contributed by atoms with Crippen LogP contribution in [0.15, 0.2) is 24.3 Å². The molecule has 1 heterocycles. The number of likely N-dealkylation sites (tertiary alicyclic amines) is 1. The number of carbonyl (C=O) groups is 2. The second kappa shape index (κ2) is 6.93. The molecule has 0 radical (unpaired) electrons. The second-order valence-corrected chi connectivity index (χ2v) is 7.30. The van der Waals surface area contributed by atoms with Crippen LogP contribution in [0.2, 0.25) is 0 Å². The van der Waals surface area contributed by atoms with Crippen molar-refractivity contribution in [1.29, 1.82) is 0 Å². The molecule has 1 unspecified atom stereocenters. The van der Waals surface area contributed by atoms with Crippen LogP contribution < -0.4 is 0 Å². The smallest absolute Gasteiger partial charge is 0.416 e. The van der Waals surface area contributed by atoms with Crippen LogP contribution in [0, 0.1) is 5.92 Å². The van der Waals surface area contributed by atoms with Crippen LogP contribution in [0.5, 0.6) is 0 Å². The molecule has 1 aliphatic heterocycles. The first-order valence-electron chi connectivity index (χ1n) is 8.94. The molecule has 1 aliphatic carbocycles. The van der Waals surface area contributed by atoms with Crippen molar-refractivity contribution in [3.63, 3.8) is 0 Å². The molecular formula is C19H22F3NO3. The van der Waals surface area contributed by atoms with Gasteiger partial charge in [0, 0.05) is 13.1 Å². The molecule has 1 N–H and O–H groups in total. The van der Waals surface area contributed by atoms with Crippen molar-refractivity contribution in [3.8, 4) is 0 Å². The Morgan fingerprint density at radius 3 is 2.46 bits per heavy atom. The molecule has 1 aromatic rings. The third-order valence-corrected chi connectivity index (χ3v) is 5.67. The van der Waals surface area contributed by atoms with Gasteiger partial charge in [0.1, 0.15) is 0 Å². The molecule has 0 spiro atoms. The van der Waals surface area contributed by atoms with Gasteiger partial charge >= 0.3 is 12.1 Å². The first-order chi connectivity index (χ1) is 12.2. The van der Waals surface area contributed by atoms with Crippen LogP contribution in [0.1, 0.15) is 49.7 Å². The minimum Gasteiger partial charge on any atom is -0.481 e. The van der Waals surface area contributed by atoms with Gasteiger partial charge in [-0.1, -0.05) is 31.0 Å². The zero-order valence-corrected chi connectivity index (χ0v) is 14.4. The third kappa shape index (κ3) is 3.44. The molecule has 3 rings (SSSR count). The second-order valence-electron chi connectivity index (χ2n) is 7.30. The predicted molar refractivity (Wildman–Crippen MR) is 88.5 cm³/mol. The normalized spacial score (nSPS) is 23.0. The van der Waals surface area contributed by atoms with E-state index in [2.05, 4.69) is 0 Å².